The topological polar surface area (TPSA) is 0 Å². The first kappa shape index (κ1) is 46.9. The van der Waals surface area contributed by atoms with Gasteiger partial charge in [0, 0.05) is 0 Å². The Hall–Kier alpha value is -3.12. The van der Waals surface area contributed by atoms with Crippen molar-refractivity contribution in [2.24, 2.45) is 0 Å². The minimum absolute atomic E-state index is 0.606. The van der Waals surface area contributed by atoms with Crippen LogP contribution < -0.4 is 0 Å². The van der Waals surface area contributed by atoms with Gasteiger partial charge in [0.25, 0.3) is 0 Å². The number of benzene rings is 4. The van der Waals surface area contributed by atoms with Gasteiger partial charge >= 0.3 is 0 Å². The van der Waals surface area contributed by atoms with Crippen LogP contribution in [0.1, 0.15) is 222 Å². The van der Waals surface area contributed by atoms with Crippen LogP contribution in [0.5, 0.6) is 0 Å². The van der Waals surface area contributed by atoms with Gasteiger partial charge in [-0.05, 0) is 195 Å². The molecule has 0 saturated heterocycles. The van der Waals surface area contributed by atoms with Crippen molar-refractivity contribution < 1.29 is 0 Å². The number of aryl methyl sites for hydroxylation is 4. The van der Waals surface area contributed by atoms with Crippen molar-refractivity contribution in [2.45, 2.75) is 225 Å². The van der Waals surface area contributed by atoms with Crippen molar-refractivity contribution in [1.82, 2.24) is 0 Å². The van der Waals surface area contributed by atoms with E-state index in [9.17, 15) is 0 Å². The number of fused-ring (bicyclic) bond motifs is 8. The molecule has 4 aromatic carbocycles. The first-order valence-electron chi connectivity index (χ1n) is 25.5. The molecule has 0 nitrogen and oxygen atoms in total. The summed E-state index contributed by atoms with van der Waals surface area (Å²) in [6, 6.07) is 36.3. The fraction of sp³-hybridized carbons (Fsp3) is 0.593. The molecule has 4 spiro atoms. The minimum atomic E-state index is 0.606. The standard InChI is InChI=1S/C14H18.C13H16.2C12H14.4C2H6/c1-2-8-13-12(6-1)7-5-11-14(13)9-3-4-10-14;1-2-7-12-11(5-1)6-3-8-13(12)9-4-10-13;2*1-2-6-11-10(4-1)5-3-7-12(11)8-9-12;4*1-2/h1-2,6,8H,3-5,7,9-11H2;1-2,5,7H,3-4,6,8-10H2;2*1-2,4,6H,3,5,7-9H2;4*1-2H3. The van der Waals surface area contributed by atoms with E-state index >= 15 is 0 Å². The van der Waals surface area contributed by atoms with Crippen LogP contribution in [0.15, 0.2) is 97.1 Å². The first-order chi connectivity index (χ1) is 29.1. The molecule has 0 amide bonds. The van der Waals surface area contributed by atoms with Gasteiger partial charge in [-0.2, -0.15) is 0 Å². The van der Waals surface area contributed by atoms with E-state index in [1.54, 1.807) is 44.5 Å². The monoisotopic (exact) mass is 795 g/mol. The third-order valence-electron chi connectivity index (χ3n) is 15.3. The Morgan fingerprint density at radius 1 is 0.237 bits per heavy atom. The van der Waals surface area contributed by atoms with Gasteiger partial charge in [0.05, 0.1) is 0 Å². The number of hydrogen-bond donors (Lipinski definition) is 0. The second-order valence-corrected chi connectivity index (χ2v) is 18.2. The van der Waals surface area contributed by atoms with Crippen molar-refractivity contribution in [3.8, 4) is 0 Å². The molecular formula is C59H86. The highest BCUT2D eigenvalue weighted by Crippen LogP contribution is 2.56. The average molecular weight is 795 g/mol. The molecular weight excluding hydrogens is 709 g/mol. The highest BCUT2D eigenvalue weighted by molar-refractivity contribution is 5.42. The largest absolute Gasteiger partial charge is 0.0683 e. The Balaban J connectivity index is 0.000000141. The molecule has 322 valence electrons. The average Bonchev–Trinajstić information content (AvgIpc) is 4.23. The van der Waals surface area contributed by atoms with E-state index in [1.165, 1.54) is 148 Å². The number of rotatable bonds is 0. The lowest BCUT2D eigenvalue weighted by Crippen LogP contribution is -2.37. The maximum absolute atomic E-state index is 2.39. The Kier molecular flexibility index (Phi) is 18.0. The smallest absolute Gasteiger partial charge is 0.00435 e. The molecule has 0 aliphatic heterocycles. The van der Waals surface area contributed by atoms with Crippen molar-refractivity contribution in [2.75, 3.05) is 0 Å². The summed E-state index contributed by atoms with van der Waals surface area (Å²) >= 11 is 0. The zero-order chi connectivity index (χ0) is 42.2. The molecule has 8 aliphatic rings. The predicted molar refractivity (Wildman–Crippen MR) is 260 cm³/mol. The Morgan fingerprint density at radius 2 is 0.441 bits per heavy atom. The maximum atomic E-state index is 2.39. The highest BCUT2D eigenvalue weighted by Gasteiger charge is 2.47. The van der Waals surface area contributed by atoms with Crippen molar-refractivity contribution in [3.63, 3.8) is 0 Å². The summed E-state index contributed by atoms with van der Waals surface area (Å²) < 4.78 is 0. The molecule has 12 rings (SSSR count). The molecule has 0 heterocycles. The Bertz CT molecular complexity index is 1740. The molecule has 0 bridgehead atoms. The molecule has 0 aromatic heterocycles. The molecule has 0 unspecified atom stereocenters. The van der Waals surface area contributed by atoms with E-state index < -0.39 is 0 Å². The fourth-order valence-electron chi connectivity index (χ4n) is 12.1. The Morgan fingerprint density at radius 3 is 0.661 bits per heavy atom. The lowest BCUT2D eigenvalue weighted by atomic mass is 9.58. The van der Waals surface area contributed by atoms with Gasteiger partial charge in [-0.3, -0.25) is 0 Å². The summed E-state index contributed by atoms with van der Waals surface area (Å²) in [4.78, 5) is 0. The molecule has 4 fully saturated rings. The molecule has 0 radical (unpaired) electrons. The van der Waals surface area contributed by atoms with Gasteiger partial charge in [0.2, 0.25) is 0 Å². The lowest BCUT2D eigenvalue weighted by molar-refractivity contribution is 0.209. The van der Waals surface area contributed by atoms with Crippen LogP contribution in [0.2, 0.25) is 0 Å². The zero-order valence-corrected chi connectivity index (χ0v) is 39.5. The quantitative estimate of drug-likeness (QED) is 0.166. The van der Waals surface area contributed by atoms with E-state index in [1.807, 2.05) is 55.4 Å². The number of hydrogen-bond acceptors (Lipinski definition) is 0. The second-order valence-electron chi connectivity index (χ2n) is 18.2. The summed E-state index contributed by atoms with van der Waals surface area (Å²) in [6.07, 6.45) is 32.7. The second kappa shape index (κ2) is 22.6. The van der Waals surface area contributed by atoms with Crippen LogP contribution in [0, 0.1) is 0 Å². The Labute approximate surface area is 364 Å². The van der Waals surface area contributed by atoms with Crippen LogP contribution >= 0.6 is 0 Å². The molecule has 0 N–H and O–H groups in total. The fourth-order valence-corrected chi connectivity index (χ4v) is 12.1. The van der Waals surface area contributed by atoms with E-state index in [0.29, 0.717) is 21.7 Å². The third kappa shape index (κ3) is 10.7. The van der Waals surface area contributed by atoms with Gasteiger partial charge in [-0.25, -0.2) is 0 Å². The van der Waals surface area contributed by atoms with E-state index in [0.717, 1.165) is 0 Å². The SMILES string of the molecule is CC.CC.CC.CC.c1ccc2c(c1)CCCC21CC1.c1ccc2c(c1)CCCC21CC1.c1ccc2c(c1)CCCC21CCC1.c1ccc2c(c1)CCCC21CCCC1. The first-order valence-corrected chi connectivity index (χ1v) is 25.5. The molecule has 4 saturated carbocycles. The molecule has 59 heavy (non-hydrogen) atoms. The van der Waals surface area contributed by atoms with Crippen LogP contribution in [-0.2, 0) is 47.3 Å². The molecule has 0 atom stereocenters. The third-order valence-corrected chi connectivity index (χ3v) is 15.3. The summed E-state index contributed by atoms with van der Waals surface area (Å²) in [7, 11) is 0. The minimum Gasteiger partial charge on any atom is -0.0683 e. The zero-order valence-electron chi connectivity index (χ0n) is 39.5. The maximum Gasteiger partial charge on any atom is -0.00435 e. The molecule has 4 aromatic rings. The van der Waals surface area contributed by atoms with Gasteiger partial charge < -0.3 is 0 Å². The summed E-state index contributed by atoms with van der Waals surface area (Å²) in [5, 5.41) is 0. The van der Waals surface area contributed by atoms with Gasteiger partial charge in [-0.1, -0.05) is 172 Å². The van der Waals surface area contributed by atoms with E-state index in [4.69, 9.17) is 0 Å². The van der Waals surface area contributed by atoms with Gasteiger partial charge in [-0.15, -0.1) is 0 Å². The van der Waals surface area contributed by atoms with E-state index in [-0.39, 0.29) is 0 Å². The van der Waals surface area contributed by atoms with Crippen molar-refractivity contribution >= 4 is 0 Å². The van der Waals surface area contributed by atoms with Crippen molar-refractivity contribution in [1.29, 1.82) is 0 Å². The highest BCUT2D eigenvalue weighted by atomic mass is 14.5. The van der Waals surface area contributed by atoms with Gasteiger partial charge in [0.1, 0.15) is 0 Å². The predicted octanol–water partition coefficient (Wildman–Crippen LogP) is 17.5. The van der Waals surface area contributed by atoms with Gasteiger partial charge in [0.15, 0.2) is 0 Å². The summed E-state index contributed by atoms with van der Waals surface area (Å²) in [5.74, 6) is 0. The van der Waals surface area contributed by atoms with Crippen LogP contribution in [-0.4, -0.2) is 0 Å². The van der Waals surface area contributed by atoms with E-state index in [2.05, 4.69) is 97.1 Å². The molecule has 0 heteroatoms. The van der Waals surface area contributed by atoms with Crippen LogP contribution in [0.25, 0.3) is 0 Å². The molecule has 8 aliphatic carbocycles. The summed E-state index contributed by atoms with van der Waals surface area (Å²) in [5.41, 5.74) is 15.8. The van der Waals surface area contributed by atoms with Crippen molar-refractivity contribution in [3.05, 3.63) is 142 Å². The van der Waals surface area contributed by atoms with Crippen LogP contribution in [0.4, 0.5) is 0 Å². The normalized spacial score (nSPS) is 20.9. The summed E-state index contributed by atoms with van der Waals surface area (Å²) in [6.45, 7) is 16.0. The lowest BCUT2D eigenvalue weighted by Gasteiger charge is -2.46. The van der Waals surface area contributed by atoms with Crippen LogP contribution in [0.3, 0.4) is 0 Å².